The second kappa shape index (κ2) is 3.18. The monoisotopic (exact) mass is 167 g/mol. The third-order valence-electron chi connectivity index (χ3n) is 1.74. The molecule has 0 amide bonds. The van der Waals surface area contributed by atoms with Gasteiger partial charge in [0.1, 0.15) is 5.82 Å². The van der Waals surface area contributed by atoms with Gasteiger partial charge in [-0.15, -0.1) is 0 Å². The van der Waals surface area contributed by atoms with Gasteiger partial charge in [-0.25, -0.2) is 4.39 Å². The van der Waals surface area contributed by atoms with E-state index < -0.39 is 8.80 Å². The van der Waals surface area contributed by atoms with Gasteiger partial charge >= 0.3 is 0 Å². The van der Waals surface area contributed by atoms with Crippen molar-refractivity contribution in [3.05, 3.63) is 29.6 Å². The highest BCUT2D eigenvalue weighted by atomic mass is 28.3. The maximum Gasteiger partial charge on any atom is 0.123 e. The standard InChI is InChI=1S/C9H12FSi/c1-7-4-5-8(10)6-9(7)11(2)3/h4-6H,1-3H3. The Hall–Kier alpha value is -0.633. The summed E-state index contributed by atoms with van der Waals surface area (Å²) < 4.78 is 12.7. The number of benzene rings is 1. The maximum atomic E-state index is 12.7. The van der Waals surface area contributed by atoms with Crippen molar-refractivity contribution < 1.29 is 4.39 Å². The van der Waals surface area contributed by atoms with Crippen LogP contribution in [0.5, 0.6) is 0 Å². The molecule has 59 valence electrons. The highest BCUT2D eigenvalue weighted by Gasteiger charge is 2.04. The Morgan fingerprint density at radius 1 is 1.27 bits per heavy atom. The molecule has 0 unspecified atom stereocenters. The molecule has 0 aliphatic rings. The number of hydrogen-bond acceptors (Lipinski definition) is 0. The van der Waals surface area contributed by atoms with E-state index in [1.54, 1.807) is 6.07 Å². The molecule has 0 fully saturated rings. The van der Waals surface area contributed by atoms with Gasteiger partial charge in [0.15, 0.2) is 0 Å². The Kier molecular flexibility index (Phi) is 2.44. The van der Waals surface area contributed by atoms with Crippen LogP contribution in [0.15, 0.2) is 18.2 Å². The van der Waals surface area contributed by atoms with E-state index in [4.69, 9.17) is 0 Å². The fraction of sp³-hybridized carbons (Fsp3) is 0.333. The van der Waals surface area contributed by atoms with Crippen molar-refractivity contribution in [3.8, 4) is 0 Å². The van der Waals surface area contributed by atoms with E-state index in [1.807, 2.05) is 13.0 Å². The zero-order valence-electron chi connectivity index (χ0n) is 7.11. The number of halogens is 1. The minimum atomic E-state index is -0.504. The van der Waals surface area contributed by atoms with Crippen LogP contribution in [0.25, 0.3) is 0 Å². The molecule has 0 atom stereocenters. The van der Waals surface area contributed by atoms with Gasteiger partial charge in [-0.3, -0.25) is 0 Å². The van der Waals surface area contributed by atoms with E-state index in [0.29, 0.717) is 0 Å². The van der Waals surface area contributed by atoms with E-state index >= 15 is 0 Å². The zero-order chi connectivity index (χ0) is 8.43. The van der Waals surface area contributed by atoms with Gasteiger partial charge in [-0.1, -0.05) is 29.9 Å². The summed E-state index contributed by atoms with van der Waals surface area (Å²) in [4.78, 5) is 0. The van der Waals surface area contributed by atoms with Crippen molar-refractivity contribution in [2.75, 3.05) is 0 Å². The van der Waals surface area contributed by atoms with Crippen molar-refractivity contribution >= 4 is 14.0 Å². The molecule has 1 aromatic rings. The highest BCUT2D eigenvalue weighted by Crippen LogP contribution is 2.00. The fourth-order valence-electron chi connectivity index (χ4n) is 1.13. The second-order valence-corrected chi connectivity index (χ2v) is 5.50. The normalized spacial score (nSPS) is 10.6. The molecular formula is C9H12FSi. The molecule has 0 saturated carbocycles. The Balaban J connectivity index is 3.13. The SMILES string of the molecule is Cc1ccc(F)cc1[Si](C)C. The molecule has 0 nitrogen and oxygen atoms in total. The quantitative estimate of drug-likeness (QED) is 0.562. The summed E-state index contributed by atoms with van der Waals surface area (Å²) in [7, 11) is -0.504. The van der Waals surface area contributed by atoms with Gasteiger partial charge in [-0.05, 0) is 19.1 Å². The molecule has 11 heavy (non-hydrogen) atoms. The maximum absolute atomic E-state index is 12.7. The predicted molar refractivity (Wildman–Crippen MR) is 48.3 cm³/mol. The van der Waals surface area contributed by atoms with Crippen LogP contribution in [0, 0.1) is 12.7 Å². The molecule has 0 N–H and O–H groups in total. The third-order valence-corrected chi connectivity index (χ3v) is 3.35. The van der Waals surface area contributed by atoms with Crippen LogP contribution in [0.3, 0.4) is 0 Å². The number of hydrogen-bond donors (Lipinski definition) is 0. The van der Waals surface area contributed by atoms with Crippen molar-refractivity contribution in [3.63, 3.8) is 0 Å². The van der Waals surface area contributed by atoms with Crippen LogP contribution >= 0.6 is 0 Å². The van der Waals surface area contributed by atoms with E-state index in [-0.39, 0.29) is 5.82 Å². The van der Waals surface area contributed by atoms with E-state index in [2.05, 4.69) is 13.1 Å². The van der Waals surface area contributed by atoms with Crippen molar-refractivity contribution in [2.24, 2.45) is 0 Å². The van der Waals surface area contributed by atoms with Gasteiger partial charge in [0.2, 0.25) is 0 Å². The first kappa shape index (κ1) is 8.46. The van der Waals surface area contributed by atoms with E-state index in [9.17, 15) is 4.39 Å². The summed E-state index contributed by atoms with van der Waals surface area (Å²) in [6, 6.07) is 5.02. The molecule has 0 bridgehead atoms. The molecule has 1 radical (unpaired) electrons. The van der Waals surface area contributed by atoms with Crippen LogP contribution in [-0.4, -0.2) is 8.80 Å². The molecule has 0 saturated heterocycles. The number of rotatable bonds is 1. The number of aryl methyl sites for hydroxylation is 1. The van der Waals surface area contributed by atoms with Gasteiger partial charge in [0.25, 0.3) is 0 Å². The van der Waals surface area contributed by atoms with Crippen molar-refractivity contribution in [1.82, 2.24) is 0 Å². The zero-order valence-corrected chi connectivity index (χ0v) is 8.11. The van der Waals surface area contributed by atoms with Crippen LogP contribution in [0.4, 0.5) is 4.39 Å². The van der Waals surface area contributed by atoms with Crippen LogP contribution in [0.2, 0.25) is 13.1 Å². The molecule has 0 aliphatic heterocycles. The van der Waals surface area contributed by atoms with Crippen molar-refractivity contribution in [1.29, 1.82) is 0 Å². The summed E-state index contributed by atoms with van der Waals surface area (Å²) in [6.45, 7) is 6.38. The third kappa shape index (κ3) is 1.90. The summed E-state index contributed by atoms with van der Waals surface area (Å²) in [5.74, 6) is -0.114. The Labute approximate surface area is 68.7 Å². The Bertz CT molecular complexity index is 256. The highest BCUT2D eigenvalue weighted by molar-refractivity contribution is 6.71. The molecule has 0 aliphatic carbocycles. The van der Waals surface area contributed by atoms with Crippen LogP contribution in [-0.2, 0) is 0 Å². The molecule has 2 heteroatoms. The minimum absolute atomic E-state index is 0.114. The van der Waals surface area contributed by atoms with E-state index in [0.717, 1.165) is 0 Å². The van der Waals surface area contributed by atoms with E-state index in [1.165, 1.54) is 16.8 Å². The lowest BCUT2D eigenvalue weighted by molar-refractivity contribution is 0.628. The topological polar surface area (TPSA) is 0 Å². The molecule has 0 spiro atoms. The van der Waals surface area contributed by atoms with Crippen molar-refractivity contribution in [2.45, 2.75) is 20.0 Å². The lowest BCUT2D eigenvalue weighted by atomic mass is 10.2. The van der Waals surface area contributed by atoms with Crippen LogP contribution in [0.1, 0.15) is 5.56 Å². The van der Waals surface area contributed by atoms with Gasteiger partial charge in [-0.2, -0.15) is 0 Å². The average molecular weight is 167 g/mol. The lowest BCUT2D eigenvalue weighted by Crippen LogP contribution is -2.25. The Morgan fingerprint density at radius 3 is 2.36 bits per heavy atom. The first-order valence-electron chi connectivity index (χ1n) is 3.68. The van der Waals surface area contributed by atoms with Gasteiger partial charge in [0.05, 0.1) is 8.80 Å². The lowest BCUT2D eigenvalue weighted by Gasteiger charge is -2.06. The molecule has 1 rings (SSSR count). The largest absolute Gasteiger partial charge is 0.207 e. The minimum Gasteiger partial charge on any atom is -0.207 e. The Morgan fingerprint density at radius 2 is 1.91 bits per heavy atom. The summed E-state index contributed by atoms with van der Waals surface area (Å²) in [5.41, 5.74) is 1.21. The fourth-order valence-corrected chi connectivity index (χ4v) is 2.43. The first-order valence-corrected chi connectivity index (χ1v) is 6.18. The summed E-state index contributed by atoms with van der Waals surface area (Å²) in [5, 5.41) is 1.20. The van der Waals surface area contributed by atoms with Gasteiger partial charge < -0.3 is 0 Å². The smallest absolute Gasteiger partial charge is 0.123 e. The molecular weight excluding hydrogens is 155 g/mol. The van der Waals surface area contributed by atoms with Gasteiger partial charge in [0, 0.05) is 0 Å². The summed E-state index contributed by atoms with van der Waals surface area (Å²) >= 11 is 0. The molecule has 0 heterocycles. The molecule has 1 aromatic carbocycles. The first-order chi connectivity index (χ1) is 5.11. The predicted octanol–water partition coefficient (Wildman–Crippen LogP) is 2.10. The second-order valence-electron chi connectivity index (χ2n) is 2.96. The van der Waals surface area contributed by atoms with Crippen LogP contribution < -0.4 is 5.19 Å². The summed E-state index contributed by atoms with van der Waals surface area (Å²) in [6.07, 6.45) is 0. The average Bonchev–Trinajstić information content (AvgIpc) is 1.94. The molecule has 0 aromatic heterocycles.